The van der Waals surface area contributed by atoms with E-state index in [4.69, 9.17) is 5.73 Å². The molecule has 19 heavy (non-hydrogen) atoms. The number of nitrogens with one attached hydrogen (secondary N) is 1. The van der Waals surface area contributed by atoms with E-state index in [1.807, 2.05) is 6.92 Å². The van der Waals surface area contributed by atoms with Crippen LogP contribution >= 0.6 is 0 Å². The smallest absolute Gasteiger partial charge is 0.311 e. The number of rotatable bonds is 4. The molecule has 1 amide bonds. The number of nitrogens with two attached hydrogens (primary N) is 1. The summed E-state index contributed by atoms with van der Waals surface area (Å²) in [4.78, 5) is 23.7. The van der Waals surface area contributed by atoms with Gasteiger partial charge in [-0.2, -0.15) is 0 Å². The van der Waals surface area contributed by atoms with E-state index in [-0.39, 0.29) is 18.5 Å². The first-order chi connectivity index (χ1) is 8.91. The van der Waals surface area contributed by atoms with Gasteiger partial charge in [0.05, 0.1) is 10.8 Å². The zero-order valence-corrected chi connectivity index (χ0v) is 11.6. The van der Waals surface area contributed by atoms with E-state index in [0.29, 0.717) is 12.8 Å². The highest BCUT2D eigenvalue weighted by molar-refractivity contribution is 5.84. The first-order valence-corrected chi connectivity index (χ1v) is 7.18. The molecule has 2 saturated carbocycles. The Morgan fingerprint density at radius 2 is 1.89 bits per heavy atom. The largest absolute Gasteiger partial charge is 0.481 e. The van der Waals surface area contributed by atoms with Gasteiger partial charge in [0.15, 0.2) is 0 Å². The highest BCUT2D eigenvalue weighted by atomic mass is 16.4. The molecule has 0 aromatic carbocycles. The fraction of sp³-hybridized carbons (Fsp3) is 0.857. The van der Waals surface area contributed by atoms with Gasteiger partial charge < -0.3 is 16.2 Å². The maximum Gasteiger partial charge on any atom is 0.311 e. The zero-order chi connectivity index (χ0) is 14.1. The van der Waals surface area contributed by atoms with Gasteiger partial charge >= 0.3 is 5.97 Å². The van der Waals surface area contributed by atoms with E-state index in [9.17, 15) is 14.7 Å². The summed E-state index contributed by atoms with van der Waals surface area (Å²) in [5.74, 6) is -0.865. The van der Waals surface area contributed by atoms with Crippen LogP contribution < -0.4 is 11.1 Å². The van der Waals surface area contributed by atoms with Crippen molar-refractivity contribution < 1.29 is 14.7 Å². The summed E-state index contributed by atoms with van der Waals surface area (Å²) in [7, 11) is 0. The van der Waals surface area contributed by atoms with E-state index in [0.717, 1.165) is 32.1 Å². The molecule has 0 aromatic heterocycles. The zero-order valence-electron chi connectivity index (χ0n) is 11.6. The number of carbonyl (C=O) groups excluding carboxylic acids is 1. The van der Waals surface area contributed by atoms with Crippen LogP contribution in [0.1, 0.15) is 51.9 Å². The Morgan fingerprint density at radius 3 is 2.37 bits per heavy atom. The molecular formula is C14H24N2O3. The first kappa shape index (κ1) is 14.3. The molecule has 0 bridgehead atoms. The van der Waals surface area contributed by atoms with Crippen molar-refractivity contribution in [2.45, 2.75) is 57.9 Å². The predicted octanol–water partition coefficient (Wildman–Crippen LogP) is 1.27. The Hall–Kier alpha value is -1.10. The van der Waals surface area contributed by atoms with Crippen LogP contribution in [0.15, 0.2) is 0 Å². The third-order valence-corrected chi connectivity index (χ3v) is 5.15. The molecule has 2 fully saturated rings. The number of carboxylic acids is 1. The third kappa shape index (κ3) is 2.48. The van der Waals surface area contributed by atoms with Crippen molar-refractivity contribution in [1.82, 2.24) is 5.32 Å². The molecule has 0 aromatic rings. The molecule has 4 N–H and O–H groups in total. The number of hydrogen-bond donors (Lipinski definition) is 3. The highest BCUT2D eigenvalue weighted by Crippen LogP contribution is 2.39. The molecule has 2 atom stereocenters. The van der Waals surface area contributed by atoms with Crippen molar-refractivity contribution >= 4 is 11.9 Å². The summed E-state index contributed by atoms with van der Waals surface area (Å²) < 4.78 is 0. The third-order valence-electron chi connectivity index (χ3n) is 5.15. The monoisotopic (exact) mass is 268 g/mol. The molecule has 0 spiro atoms. The predicted molar refractivity (Wildman–Crippen MR) is 71.5 cm³/mol. The first-order valence-electron chi connectivity index (χ1n) is 7.18. The molecule has 5 nitrogen and oxygen atoms in total. The van der Waals surface area contributed by atoms with Crippen molar-refractivity contribution in [2.75, 3.05) is 6.54 Å². The lowest BCUT2D eigenvalue weighted by molar-refractivity contribution is -0.148. The van der Waals surface area contributed by atoms with Crippen molar-refractivity contribution in [3.63, 3.8) is 0 Å². The van der Waals surface area contributed by atoms with Gasteiger partial charge in [-0.1, -0.05) is 19.3 Å². The highest BCUT2D eigenvalue weighted by Gasteiger charge is 2.46. The number of carboxylic acid groups (broad SMARTS) is 1. The van der Waals surface area contributed by atoms with Crippen LogP contribution in [0.3, 0.4) is 0 Å². The minimum Gasteiger partial charge on any atom is -0.481 e. The number of aliphatic carboxylic acids is 1. The Labute approximate surface area is 113 Å². The lowest BCUT2D eigenvalue weighted by Gasteiger charge is -2.30. The van der Waals surface area contributed by atoms with Crippen molar-refractivity contribution in [3.05, 3.63) is 0 Å². The molecule has 5 heteroatoms. The molecule has 0 heterocycles. The molecule has 2 aliphatic carbocycles. The molecule has 0 radical (unpaired) electrons. The van der Waals surface area contributed by atoms with Crippen LogP contribution in [0.4, 0.5) is 0 Å². The maximum absolute atomic E-state index is 12.3. The summed E-state index contributed by atoms with van der Waals surface area (Å²) in [6.45, 7) is 2.13. The van der Waals surface area contributed by atoms with E-state index in [2.05, 4.69) is 5.32 Å². The normalized spacial score (nSPS) is 33.3. The molecule has 2 aliphatic rings. The Kier molecular flexibility index (Phi) is 3.85. The average Bonchev–Trinajstić information content (AvgIpc) is 2.96. The van der Waals surface area contributed by atoms with Gasteiger partial charge in [0.25, 0.3) is 0 Å². The fourth-order valence-electron chi connectivity index (χ4n) is 3.44. The van der Waals surface area contributed by atoms with E-state index < -0.39 is 16.8 Å². The maximum atomic E-state index is 12.3. The summed E-state index contributed by atoms with van der Waals surface area (Å²) in [5.41, 5.74) is 4.73. The van der Waals surface area contributed by atoms with Crippen molar-refractivity contribution in [3.8, 4) is 0 Å². The van der Waals surface area contributed by atoms with E-state index in [1.54, 1.807) is 0 Å². The Balaban J connectivity index is 1.98. The summed E-state index contributed by atoms with van der Waals surface area (Å²) in [6.07, 6.45) is 5.80. The average molecular weight is 268 g/mol. The quantitative estimate of drug-likeness (QED) is 0.715. The SMILES string of the molecule is CC1(C(=O)NCC2(C(=O)O)CCCC2)CCCC1N. The fourth-order valence-corrected chi connectivity index (χ4v) is 3.44. The second-order valence-electron chi connectivity index (χ2n) is 6.39. The minimum atomic E-state index is -0.786. The molecule has 0 aliphatic heterocycles. The lowest BCUT2D eigenvalue weighted by atomic mass is 9.82. The summed E-state index contributed by atoms with van der Waals surface area (Å²) >= 11 is 0. The van der Waals surface area contributed by atoms with Gasteiger partial charge in [0, 0.05) is 12.6 Å². The standard InChI is InChI=1S/C14H24N2O3/c1-13(6-4-5-10(13)15)11(17)16-9-14(12(18)19)7-2-3-8-14/h10H,2-9,15H2,1H3,(H,16,17)(H,18,19). The van der Waals surface area contributed by atoms with Gasteiger partial charge in [0.1, 0.15) is 0 Å². The lowest BCUT2D eigenvalue weighted by Crippen LogP contribution is -2.50. The van der Waals surface area contributed by atoms with Gasteiger partial charge in [-0.05, 0) is 32.6 Å². The molecule has 108 valence electrons. The van der Waals surface area contributed by atoms with Crippen LogP contribution in [-0.2, 0) is 9.59 Å². The van der Waals surface area contributed by atoms with Crippen LogP contribution in [0.5, 0.6) is 0 Å². The second kappa shape index (κ2) is 5.12. The number of hydrogen-bond acceptors (Lipinski definition) is 3. The number of amides is 1. The van der Waals surface area contributed by atoms with Crippen molar-refractivity contribution in [2.24, 2.45) is 16.6 Å². The van der Waals surface area contributed by atoms with Gasteiger partial charge in [-0.15, -0.1) is 0 Å². The summed E-state index contributed by atoms with van der Waals surface area (Å²) in [6, 6.07) is -0.114. The van der Waals surface area contributed by atoms with Gasteiger partial charge in [0.2, 0.25) is 5.91 Å². The second-order valence-corrected chi connectivity index (χ2v) is 6.39. The topological polar surface area (TPSA) is 92.4 Å². The van der Waals surface area contributed by atoms with Gasteiger partial charge in [-0.3, -0.25) is 9.59 Å². The van der Waals surface area contributed by atoms with E-state index in [1.165, 1.54) is 0 Å². The number of carbonyl (C=O) groups is 2. The summed E-state index contributed by atoms with van der Waals surface area (Å²) in [5, 5.41) is 12.2. The Bertz CT molecular complexity index is 377. The molecule has 2 rings (SSSR count). The molecule has 0 saturated heterocycles. The molecular weight excluding hydrogens is 244 g/mol. The van der Waals surface area contributed by atoms with Gasteiger partial charge in [-0.25, -0.2) is 0 Å². The van der Waals surface area contributed by atoms with Crippen LogP contribution in [0.2, 0.25) is 0 Å². The van der Waals surface area contributed by atoms with Crippen LogP contribution in [0.25, 0.3) is 0 Å². The Morgan fingerprint density at radius 1 is 1.26 bits per heavy atom. The van der Waals surface area contributed by atoms with Crippen LogP contribution in [-0.4, -0.2) is 29.6 Å². The van der Waals surface area contributed by atoms with E-state index >= 15 is 0 Å². The van der Waals surface area contributed by atoms with Crippen LogP contribution in [0, 0.1) is 10.8 Å². The van der Waals surface area contributed by atoms with Crippen molar-refractivity contribution in [1.29, 1.82) is 0 Å². The molecule has 2 unspecified atom stereocenters. The minimum absolute atomic E-state index is 0.0787.